The van der Waals surface area contributed by atoms with Crippen LogP contribution in [0, 0.1) is 28.1 Å². The molecule has 3 nitrogen and oxygen atoms in total. The molecule has 2 fully saturated rings. The zero-order valence-corrected chi connectivity index (χ0v) is 15.2. The van der Waals surface area contributed by atoms with Crippen molar-refractivity contribution in [1.82, 2.24) is 0 Å². The molecule has 3 heteroatoms. The molecule has 0 radical (unpaired) electrons. The van der Waals surface area contributed by atoms with Gasteiger partial charge in [-0.25, -0.2) is 0 Å². The van der Waals surface area contributed by atoms with E-state index in [9.17, 15) is 15.3 Å². The highest BCUT2D eigenvalue weighted by Gasteiger charge is 2.58. The number of hydrogen-bond acceptors (Lipinski definition) is 3. The van der Waals surface area contributed by atoms with Crippen molar-refractivity contribution in [3.63, 3.8) is 0 Å². The van der Waals surface area contributed by atoms with Crippen molar-refractivity contribution in [3.8, 4) is 0 Å². The molecule has 0 amide bonds. The van der Waals surface area contributed by atoms with Crippen LogP contribution >= 0.6 is 0 Å². The molecule has 3 N–H and O–H groups in total. The summed E-state index contributed by atoms with van der Waals surface area (Å²) in [5.41, 5.74) is 1.35. The number of fused-ring (bicyclic) bond motifs is 3. The summed E-state index contributed by atoms with van der Waals surface area (Å²) < 4.78 is 0. The molecule has 0 aromatic carbocycles. The van der Waals surface area contributed by atoms with E-state index in [4.69, 9.17) is 0 Å². The van der Waals surface area contributed by atoms with Crippen LogP contribution in [0.4, 0.5) is 0 Å². The fourth-order valence-electron chi connectivity index (χ4n) is 6.22. The highest BCUT2D eigenvalue weighted by molar-refractivity contribution is 5.26. The maximum atomic E-state index is 10.9. The quantitative estimate of drug-likeness (QED) is 0.684. The molecule has 3 aliphatic rings. The molecule has 0 spiro atoms. The Morgan fingerprint density at radius 1 is 1.13 bits per heavy atom. The summed E-state index contributed by atoms with van der Waals surface area (Å²) in [5, 5.41) is 30.5. The zero-order chi connectivity index (χ0) is 17.0. The van der Waals surface area contributed by atoms with E-state index < -0.39 is 6.10 Å². The third-order valence-electron chi connectivity index (χ3n) is 7.82. The fraction of sp³-hybridized carbons (Fsp3) is 0.900. The molecule has 0 aromatic heterocycles. The molecule has 2 saturated carbocycles. The first-order chi connectivity index (χ1) is 10.6. The molecule has 3 rings (SSSR count). The molecule has 0 unspecified atom stereocenters. The van der Waals surface area contributed by atoms with Crippen molar-refractivity contribution >= 4 is 0 Å². The molecule has 3 aliphatic carbocycles. The van der Waals surface area contributed by atoms with E-state index in [1.165, 1.54) is 5.57 Å². The van der Waals surface area contributed by atoms with E-state index in [1.54, 1.807) is 0 Å². The Bertz CT molecular complexity index is 497. The lowest BCUT2D eigenvalue weighted by Gasteiger charge is -2.61. The minimum atomic E-state index is -0.686. The summed E-state index contributed by atoms with van der Waals surface area (Å²) in [7, 11) is 0. The minimum Gasteiger partial charge on any atom is -0.394 e. The van der Waals surface area contributed by atoms with Gasteiger partial charge in [-0.1, -0.05) is 39.3 Å². The van der Waals surface area contributed by atoms with Crippen molar-refractivity contribution in [2.24, 2.45) is 28.1 Å². The Kier molecular flexibility index (Phi) is 4.23. The van der Waals surface area contributed by atoms with Crippen molar-refractivity contribution in [2.75, 3.05) is 6.61 Å². The van der Waals surface area contributed by atoms with Crippen LogP contribution in [-0.2, 0) is 0 Å². The van der Waals surface area contributed by atoms with Gasteiger partial charge >= 0.3 is 0 Å². The summed E-state index contributed by atoms with van der Waals surface area (Å²) in [4.78, 5) is 0. The summed E-state index contributed by atoms with van der Waals surface area (Å²) >= 11 is 0. The Hall–Kier alpha value is -0.380. The maximum Gasteiger partial charge on any atom is 0.0858 e. The van der Waals surface area contributed by atoms with Gasteiger partial charge in [-0.2, -0.15) is 0 Å². The van der Waals surface area contributed by atoms with Crippen molar-refractivity contribution < 1.29 is 15.3 Å². The minimum absolute atomic E-state index is 0.0443. The Morgan fingerprint density at radius 2 is 1.83 bits per heavy atom. The monoisotopic (exact) mass is 322 g/mol. The first kappa shape index (κ1) is 17.4. The van der Waals surface area contributed by atoms with Crippen LogP contribution in [0.5, 0.6) is 0 Å². The van der Waals surface area contributed by atoms with Crippen molar-refractivity contribution in [2.45, 2.75) is 78.4 Å². The van der Waals surface area contributed by atoms with Crippen LogP contribution in [0.2, 0.25) is 0 Å². The molecular formula is C20H34O3. The van der Waals surface area contributed by atoms with Gasteiger partial charge in [0.2, 0.25) is 0 Å². The van der Waals surface area contributed by atoms with Crippen LogP contribution in [-0.4, -0.2) is 34.1 Å². The van der Waals surface area contributed by atoms with E-state index in [0.717, 1.165) is 38.5 Å². The average Bonchev–Trinajstić information content (AvgIpc) is 2.50. The highest BCUT2D eigenvalue weighted by Crippen LogP contribution is 2.63. The lowest BCUT2D eigenvalue weighted by Crippen LogP contribution is -2.57. The Morgan fingerprint density at radius 3 is 2.48 bits per heavy atom. The zero-order valence-electron chi connectivity index (χ0n) is 15.2. The second-order valence-electron chi connectivity index (χ2n) is 9.52. The van der Waals surface area contributed by atoms with Crippen LogP contribution in [0.1, 0.15) is 66.2 Å². The molecule has 0 bridgehead atoms. The predicted octanol–water partition coefficient (Wildman–Crippen LogP) is 3.28. The van der Waals surface area contributed by atoms with Gasteiger partial charge in [-0.05, 0) is 55.8 Å². The Labute approximate surface area is 140 Å². The number of aliphatic hydroxyl groups is 3. The van der Waals surface area contributed by atoms with Crippen molar-refractivity contribution in [1.29, 1.82) is 0 Å². The second-order valence-corrected chi connectivity index (χ2v) is 9.52. The van der Waals surface area contributed by atoms with E-state index in [0.29, 0.717) is 17.3 Å². The number of allylic oxidation sites excluding steroid dienone is 1. The third kappa shape index (κ3) is 2.51. The largest absolute Gasteiger partial charge is 0.394 e. The lowest BCUT2D eigenvalue weighted by molar-refractivity contribution is -0.143. The van der Waals surface area contributed by atoms with E-state index in [2.05, 4.69) is 33.8 Å². The molecule has 0 aromatic rings. The second kappa shape index (κ2) is 5.57. The van der Waals surface area contributed by atoms with Crippen LogP contribution in [0.25, 0.3) is 0 Å². The molecule has 0 saturated heterocycles. The van der Waals surface area contributed by atoms with E-state index >= 15 is 0 Å². The summed E-state index contributed by atoms with van der Waals surface area (Å²) in [6, 6.07) is 0. The molecule has 6 atom stereocenters. The van der Waals surface area contributed by atoms with Gasteiger partial charge in [0.1, 0.15) is 0 Å². The normalized spacial score (nSPS) is 47.3. The van der Waals surface area contributed by atoms with Crippen LogP contribution < -0.4 is 0 Å². The SMILES string of the molecule is CC1(C)CC[C@@H](O)[C@]2(C)[C@H]3CC[C@](C)([C@@H](O)CO)C=C3CC[C@@H]12. The van der Waals surface area contributed by atoms with Gasteiger partial charge in [-0.15, -0.1) is 0 Å². The number of rotatable bonds is 2. The standard InChI is InChI=1S/C20H34O3/c1-18(2)9-8-16(22)20(4)14-7-10-19(3,17(23)12-21)11-13(14)5-6-15(18)20/h11,14-17,21-23H,5-10,12H2,1-4H3/t14-,15-,16+,17-,19-,20+/m0/s1. The fourth-order valence-corrected chi connectivity index (χ4v) is 6.22. The van der Waals surface area contributed by atoms with Gasteiger partial charge in [0.05, 0.1) is 18.8 Å². The molecule has 0 aliphatic heterocycles. The Balaban J connectivity index is 1.97. The van der Waals surface area contributed by atoms with E-state index in [1.807, 2.05) is 0 Å². The number of hydrogen-bond donors (Lipinski definition) is 3. The predicted molar refractivity (Wildman–Crippen MR) is 91.9 cm³/mol. The summed E-state index contributed by atoms with van der Waals surface area (Å²) in [5.74, 6) is 0.989. The number of aliphatic hydroxyl groups excluding tert-OH is 3. The van der Waals surface area contributed by atoms with Gasteiger partial charge in [0.25, 0.3) is 0 Å². The van der Waals surface area contributed by atoms with Crippen molar-refractivity contribution in [3.05, 3.63) is 11.6 Å². The molecule has 132 valence electrons. The van der Waals surface area contributed by atoms with Crippen LogP contribution in [0.3, 0.4) is 0 Å². The first-order valence-electron chi connectivity index (χ1n) is 9.34. The smallest absolute Gasteiger partial charge is 0.0858 e. The maximum absolute atomic E-state index is 10.9. The van der Waals surface area contributed by atoms with Gasteiger partial charge in [0, 0.05) is 10.8 Å². The first-order valence-corrected chi connectivity index (χ1v) is 9.34. The summed E-state index contributed by atoms with van der Waals surface area (Å²) in [6.07, 6.45) is 7.47. The van der Waals surface area contributed by atoms with Gasteiger partial charge in [0.15, 0.2) is 0 Å². The van der Waals surface area contributed by atoms with Gasteiger partial charge < -0.3 is 15.3 Å². The van der Waals surface area contributed by atoms with E-state index in [-0.39, 0.29) is 23.5 Å². The average molecular weight is 322 g/mol. The van der Waals surface area contributed by atoms with Crippen LogP contribution in [0.15, 0.2) is 11.6 Å². The molecule has 0 heterocycles. The topological polar surface area (TPSA) is 60.7 Å². The highest BCUT2D eigenvalue weighted by atomic mass is 16.3. The third-order valence-corrected chi connectivity index (χ3v) is 7.82. The molecule has 23 heavy (non-hydrogen) atoms. The lowest BCUT2D eigenvalue weighted by atomic mass is 9.44. The summed E-state index contributed by atoms with van der Waals surface area (Å²) in [6.45, 7) is 8.94. The van der Waals surface area contributed by atoms with Gasteiger partial charge in [-0.3, -0.25) is 0 Å². The molecular weight excluding hydrogens is 288 g/mol.